The molecule has 1 aromatic heterocycles. The number of hydrogen-bond acceptors (Lipinski definition) is 3. The van der Waals surface area contributed by atoms with Gasteiger partial charge in [-0.1, -0.05) is 0 Å². The Bertz CT molecular complexity index is 418. The first kappa shape index (κ1) is 16.0. The first-order valence-electron chi connectivity index (χ1n) is 6.16. The lowest BCUT2D eigenvalue weighted by Crippen LogP contribution is -2.43. The molecular formula is C13H21BrN2O3. The van der Waals surface area contributed by atoms with Gasteiger partial charge in [-0.2, -0.15) is 0 Å². The van der Waals surface area contributed by atoms with Crippen molar-refractivity contribution in [2.24, 2.45) is 0 Å². The molecule has 1 atom stereocenters. The minimum absolute atomic E-state index is 0.0262. The predicted octanol–water partition coefficient (Wildman–Crippen LogP) is 3.04. The van der Waals surface area contributed by atoms with Crippen molar-refractivity contribution in [1.82, 2.24) is 10.6 Å². The number of hydrogen-bond donors (Lipinski definition) is 2. The molecule has 0 bridgehead atoms. The van der Waals surface area contributed by atoms with E-state index in [-0.39, 0.29) is 17.7 Å². The largest absolute Gasteiger partial charge is 0.452 e. The number of urea groups is 1. The van der Waals surface area contributed by atoms with Crippen LogP contribution in [0, 0.1) is 0 Å². The molecule has 108 valence electrons. The molecule has 1 rings (SSSR count). The molecule has 5 nitrogen and oxygen atoms in total. The first-order valence-corrected chi connectivity index (χ1v) is 6.95. The van der Waals surface area contributed by atoms with Crippen LogP contribution in [0.1, 0.15) is 33.0 Å². The monoisotopic (exact) mass is 332 g/mol. The highest BCUT2D eigenvalue weighted by Gasteiger charge is 2.21. The van der Waals surface area contributed by atoms with Gasteiger partial charge in [-0.25, -0.2) is 4.79 Å². The fourth-order valence-electron chi connectivity index (χ4n) is 1.76. The molecule has 0 radical (unpaired) electrons. The Hall–Kier alpha value is -1.01. The third-order valence-electron chi connectivity index (χ3n) is 2.78. The lowest BCUT2D eigenvalue weighted by Gasteiger charge is -2.27. The highest BCUT2D eigenvalue weighted by atomic mass is 79.9. The van der Waals surface area contributed by atoms with Gasteiger partial charge >= 0.3 is 6.03 Å². The van der Waals surface area contributed by atoms with E-state index in [1.807, 2.05) is 26.8 Å². The third kappa shape index (κ3) is 6.11. The topological polar surface area (TPSA) is 63.5 Å². The number of methoxy groups -OCH3 is 1. The van der Waals surface area contributed by atoms with Crippen molar-refractivity contribution >= 4 is 22.0 Å². The number of carbonyl (C=O) groups excluding carboxylic acids is 1. The van der Waals surface area contributed by atoms with Crippen LogP contribution >= 0.6 is 15.9 Å². The zero-order valence-corrected chi connectivity index (χ0v) is 13.3. The molecule has 2 amide bonds. The van der Waals surface area contributed by atoms with Gasteiger partial charge in [0.2, 0.25) is 0 Å². The Morgan fingerprint density at radius 3 is 2.74 bits per heavy atom. The van der Waals surface area contributed by atoms with Crippen molar-refractivity contribution in [1.29, 1.82) is 0 Å². The third-order valence-corrected chi connectivity index (χ3v) is 3.21. The van der Waals surface area contributed by atoms with E-state index < -0.39 is 0 Å². The van der Waals surface area contributed by atoms with E-state index in [9.17, 15) is 4.79 Å². The molecule has 6 heteroatoms. The summed E-state index contributed by atoms with van der Waals surface area (Å²) in [6.07, 6.45) is 0.739. The Morgan fingerprint density at radius 1 is 1.53 bits per heavy atom. The molecule has 0 saturated heterocycles. The van der Waals surface area contributed by atoms with Crippen molar-refractivity contribution in [3.05, 3.63) is 22.6 Å². The summed E-state index contributed by atoms with van der Waals surface area (Å²) in [6.45, 7) is 6.29. The SMILES string of the molecule is COC(C)(C)CC(C)NC(=O)NCc1ccc(Br)o1. The fraction of sp³-hybridized carbons (Fsp3) is 0.615. The van der Waals surface area contributed by atoms with E-state index in [0.29, 0.717) is 17.0 Å². The Balaban J connectivity index is 2.31. The van der Waals surface area contributed by atoms with Crippen molar-refractivity contribution in [3.8, 4) is 0 Å². The summed E-state index contributed by atoms with van der Waals surface area (Å²) in [5, 5.41) is 5.61. The molecule has 1 aromatic rings. The summed E-state index contributed by atoms with van der Waals surface area (Å²) >= 11 is 3.21. The highest BCUT2D eigenvalue weighted by Crippen LogP contribution is 2.15. The fourth-order valence-corrected chi connectivity index (χ4v) is 2.10. The van der Waals surface area contributed by atoms with Crippen molar-refractivity contribution < 1.29 is 13.9 Å². The van der Waals surface area contributed by atoms with Crippen LogP contribution in [0.5, 0.6) is 0 Å². The number of furan rings is 1. The molecule has 0 fully saturated rings. The van der Waals surface area contributed by atoms with Gasteiger partial charge in [0.1, 0.15) is 5.76 Å². The first-order chi connectivity index (χ1) is 8.82. The highest BCUT2D eigenvalue weighted by molar-refractivity contribution is 9.10. The Morgan fingerprint density at radius 2 is 2.21 bits per heavy atom. The van der Waals surface area contributed by atoms with Crippen molar-refractivity contribution in [3.63, 3.8) is 0 Å². The number of ether oxygens (including phenoxy) is 1. The van der Waals surface area contributed by atoms with Crippen LogP contribution in [-0.2, 0) is 11.3 Å². The van der Waals surface area contributed by atoms with Gasteiger partial charge in [-0.05, 0) is 55.3 Å². The van der Waals surface area contributed by atoms with E-state index in [4.69, 9.17) is 9.15 Å². The van der Waals surface area contributed by atoms with Gasteiger partial charge in [-0.3, -0.25) is 0 Å². The van der Waals surface area contributed by atoms with Crippen LogP contribution in [0.3, 0.4) is 0 Å². The second kappa shape index (κ2) is 6.96. The van der Waals surface area contributed by atoms with Crippen LogP contribution in [0.2, 0.25) is 0 Å². The number of carbonyl (C=O) groups is 1. The van der Waals surface area contributed by atoms with E-state index in [2.05, 4.69) is 26.6 Å². The molecule has 0 saturated carbocycles. The van der Waals surface area contributed by atoms with Crippen molar-refractivity contribution in [2.75, 3.05) is 7.11 Å². The molecule has 1 unspecified atom stereocenters. The second-order valence-electron chi connectivity index (χ2n) is 5.10. The van der Waals surface area contributed by atoms with Crippen LogP contribution in [-0.4, -0.2) is 24.8 Å². The molecule has 0 aliphatic rings. The van der Waals surface area contributed by atoms with Crippen LogP contribution < -0.4 is 10.6 Å². The maximum Gasteiger partial charge on any atom is 0.315 e. The molecule has 0 aliphatic carbocycles. The number of amides is 2. The molecular weight excluding hydrogens is 312 g/mol. The second-order valence-corrected chi connectivity index (χ2v) is 5.88. The van der Waals surface area contributed by atoms with E-state index >= 15 is 0 Å². The van der Waals surface area contributed by atoms with E-state index in [1.54, 1.807) is 13.2 Å². The maximum absolute atomic E-state index is 11.7. The van der Waals surface area contributed by atoms with Gasteiger partial charge in [0.15, 0.2) is 4.67 Å². The minimum atomic E-state index is -0.251. The van der Waals surface area contributed by atoms with Gasteiger partial charge in [0, 0.05) is 13.2 Å². The number of nitrogens with one attached hydrogen (secondary N) is 2. The lowest BCUT2D eigenvalue weighted by molar-refractivity contribution is 0.00950. The zero-order valence-electron chi connectivity index (χ0n) is 11.7. The summed E-state index contributed by atoms with van der Waals surface area (Å²) in [5.41, 5.74) is -0.251. The molecule has 0 aliphatic heterocycles. The van der Waals surface area contributed by atoms with E-state index in [1.165, 1.54) is 0 Å². The molecule has 19 heavy (non-hydrogen) atoms. The lowest BCUT2D eigenvalue weighted by atomic mass is 10.00. The summed E-state index contributed by atoms with van der Waals surface area (Å²) in [7, 11) is 1.67. The van der Waals surface area contributed by atoms with Gasteiger partial charge in [-0.15, -0.1) is 0 Å². The van der Waals surface area contributed by atoms with E-state index in [0.717, 1.165) is 6.42 Å². The van der Waals surface area contributed by atoms with Gasteiger partial charge < -0.3 is 19.8 Å². The van der Waals surface area contributed by atoms with Crippen molar-refractivity contribution in [2.45, 2.75) is 45.4 Å². The normalized spacial score (nSPS) is 13.1. The molecule has 0 spiro atoms. The minimum Gasteiger partial charge on any atom is -0.452 e. The summed E-state index contributed by atoms with van der Waals surface area (Å²) < 4.78 is 11.3. The average molecular weight is 333 g/mol. The molecule has 2 N–H and O–H groups in total. The zero-order chi connectivity index (χ0) is 14.5. The van der Waals surface area contributed by atoms with Gasteiger partial charge in [0.05, 0.1) is 12.1 Å². The predicted molar refractivity (Wildman–Crippen MR) is 76.9 cm³/mol. The molecule has 1 heterocycles. The average Bonchev–Trinajstić information content (AvgIpc) is 2.71. The summed E-state index contributed by atoms with van der Waals surface area (Å²) in [5.74, 6) is 0.701. The van der Waals surface area contributed by atoms with Gasteiger partial charge in [0.25, 0.3) is 0 Å². The smallest absolute Gasteiger partial charge is 0.315 e. The van der Waals surface area contributed by atoms with Crippen LogP contribution in [0.4, 0.5) is 4.79 Å². The molecule has 0 aromatic carbocycles. The summed E-state index contributed by atoms with van der Waals surface area (Å²) in [6, 6.07) is 3.41. The standard InChI is InChI=1S/C13H21BrN2O3/c1-9(7-13(2,3)18-4)16-12(17)15-8-10-5-6-11(14)19-10/h5-6,9H,7-8H2,1-4H3,(H2,15,16,17). The Kier molecular flexibility index (Phi) is 5.87. The van der Waals surface area contributed by atoms with Crippen LogP contribution in [0.25, 0.3) is 0 Å². The number of rotatable bonds is 6. The Labute approximate surface area is 122 Å². The number of halogens is 1. The quantitative estimate of drug-likeness (QED) is 0.841. The van der Waals surface area contributed by atoms with Crippen LogP contribution in [0.15, 0.2) is 21.2 Å². The maximum atomic E-state index is 11.7. The summed E-state index contributed by atoms with van der Waals surface area (Å²) in [4.78, 5) is 11.7.